The standard InChI is InChI=1S/C11H23F3N4O2S.ClH/c1-9(2)17(3)21(19,20)16-8-10(11(12,13)14)18-6-4-15-5-7-18;/h9-10,15-16H,4-8H2,1-3H3;1H. The minimum atomic E-state index is -4.48. The predicted molar refractivity (Wildman–Crippen MR) is 81.4 cm³/mol. The molecule has 6 nitrogen and oxygen atoms in total. The van der Waals surface area contributed by atoms with E-state index in [0.29, 0.717) is 13.1 Å². The van der Waals surface area contributed by atoms with Gasteiger partial charge in [0.15, 0.2) is 0 Å². The average Bonchev–Trinajstić information content (AvgIpc) is 2.37. The Hall–Kier alpha value is -0.130. The Morgan fingerprint density at radius 2 is 1.77 bits per heavy atom. The van der Waals surface area contributed by atoms with Crippen LogP contribution in [0.25, 0.3) is 0 Å². The Bertz CT molecular complexity index is 428. The highest BCUT2D eigenvalue weighted by Crippen LogP contribution is 2.25. The molecule has 0 aromatic rings. The minimum Gasteiger partial charge on any atom is -0.314 e. The van der Waals surface area contributed by atoms with Crippen molar-refractivity contribution in [3.8, 4) is 0 Å². The summed E-state index contributed by atoms with van der Waals surface area (Å²) >= 11 is 0. The maximum absolute atomic E-state index is 13.1. The van der Waals surface area contributed by atoms with Crippen LogP contribution < -0.4 is 10.0 Å². The van der Waals surface area contributed by atoms with Gasteiger partial charge in [-0.3, -0.25) is 4.90 Å². The van der Waals surface area contributed by atoms with Crippen LogP contribution in [0.3, 0.4) is 0 Å². The first-order valence-electron chi connectivity index (χ1n) is 6.80. The van der Waals surface area contributed by atoms with Gasteiger partial charge in [0, 0.05) is 45.8 Å². The van der Waals surface area contributed by atoms with Gasteiger partial charge in [-0.1, -0.05) is 0 Å². The molecule has 11 heteroatoms. The molecular formula is C11H24ClF3N4O2S. The summed E-state index contributed by atoms with van der Waals surface area (Å²) in [5.41, 5.74) is 0. The first-order chi connectivity index (χ1) is 9.55. The topological polar surface area (TPSA) is 64.7 Å². The van der Waals surface area contributed by atoms with E-state index in [4.69, 9.17) is 0 Å². The van der Waals surface area contributed by atoms with E-state index in [0.717, 1.165) is 4.31 Å². The first-order valence-corrected chi connectivity index (χ1v) is 8.24. The van der Waals surface area contributed by atoms with Gasteiger partial charge >= 0.3 is 6.18 Å². The van der Waals surface area contributed by atoms with E-state index < -0.39 is 29.0 Å². The number of hydrogen-bond donors (Lipinski definition) is 2. The molecule has 1 rings (SSSR count). The quantitative estimate of drug-likeness (QED) is 0.713. The van der Waals surface area contributed by atoms with E-state index in [2.05, 4.69) is 10.0 Å². The summed E-state index contributed by atoms with van der Waals surface area (Å²) in [6.07, 6.45) is -4.48. The zero-order chi connectivity index (χ0) is 16.3. The van der Waals surface area contributed by atoms with Gasteiger partial charge in [0.1, 0.15) is 6.04 Å². The molecule has 0 saturated carbocycles. The molecule has 0 aliphatic carbocycles. The van der Waals surface area contributed by atoms with E-state index >= 15 is 0 Å². The van der Waals surface area contributed by atoms with Crippen molar-refractivity contribution in [1.82, 2.24) is 19.2 Å². The number of alkyl halides is 3. The second-order valence-corrected chi connectivity index (χ2v) is 7.12. The predicted octanol–water partition coefficient (Wildman–Crippen LogP) is 0.419. The number of halogens is 4. The number of hydrogen-bond acceptors (Lipinski definition) is 4. The molecule has 1 fully saturated rings. The lowest BCUT2D eigenvalue weighted by Gasteiger charge is -2.36. The largest absolute Gasteiger partial charge is 0.405 e. The molecule has 22 heavy (non-hydrogen) atoms. The summed E-state index contributed by atoms with van der Waals surface area (Å²) in [6.45, 7) is 4.03. The molecule has 0 aromatic carbocycles. The zero-order valence-corrected chi connectivity index (χ0v) is 14.5. The molecule has 0 radical (unpaired) electrons. The summed E-state index contributed by atoms with van der Waals surface area (Å²) in [5, 5.41) is 2.97. The monoisotopic (exact) mass is 368 g/mol. The van der Waals surface area contributed by atoms with Crippen LogP contribution in [0.15, 0.2) is 0 Å². The molecule has 1 aliphatic heterocycles. The summed E-state index contributed by atoms with van der Waals surface area (Å²) in [4.78, 5) is 1.26. The number of piperazine rings is 1. The summed E-state index contributed by atoms with van der Waals surface area (Å²) in [7, 11) is -2.58. The summed E-state index contributed by atoms with van der Waals surface area (Å²) < 4.78 is 66.3. The van der Waals surface area contributed by atoms with E-state index in [9.17, 15) is 21.6 Å². The Kier molecular flexibility index (Phi) is 8.60. The molecule has 0 spiro atoms. The van der Waals surface area contributed by atoms with E-state index in [1.165, 1.54) is 11.9 Å². The SMILES string of the molecule is CC(C)N(C)S(=O)(=O)NCC(N1CCNCC1)C(F)(F)F.Cl. The smallest absolute Gasteiger partial charge is 0.314 e. The highest BCUT2D eigenvalue weighted by molar-refractivity contribution is 7.87. The van der Waals surface area contributed by atoms with E-state index in [1.54, 1.807) is 13.8 Å². The molecule has 0 bridgehead atoms. The molecule has 1 unspecified atom stereocenters. The summed E-state index contributed by atoms with van der Waals surface area (Å²) in [6, 6.07) is -2.14. The fourth-order valence-corrected chi connectivity index (χ4v) is 3.14. The highest BCUT2D eigenvalue weighted by atomic mass is 35.5. The number of nitrogens with one attached hydrogen (secondary N) is 2. The minimum absolute atomic E-state index is 0. The number of rotatable bonds is 6. The third-order valence-electron chi connectivity index (χ3n) is 3.54. The van der Waals surface area contributed by atoms with Crippen LogP contribution in [0.2, 0.25) is 0 Å². The zero-order valence-electron chi connectivity index (χ0n) is 12.9. The van der Waals surface area contributed by atoms with Gasteiger partial charge in [-0.25, -0.2) is 4.72 Å². The van der Waals surface area contributed by atoms with Crippen LogP contribution in [-0.4, -0.2) is 75.7 Å². The Labute approximate surface area is 136 Å². The van der Waals surface area contributed by atoms with Gasteiger partial charge in [-0.15, -0.1) is 12.4 Å². The normalized spacial score (nSPS) is 19.3. The molecule has 0 amide bonds. The van der Waals surface area contributed by atoms with Gasteiger partial charge in [-0.2, -0.15) is 25.9 Å². The molecule has 2 N–H and O–H groups in total. The lowest BCUT2D eigenvalue weighted by Crippen LogP contribution is -2.58. The van der Waals surface area contributed by atoms with Gasteiger partial charge in [0.25, 0.3) is 10.2 Å². The number of nitrogens with zero attached hydrogens (tertiary/aromatic N) is 2. The van der Waals surface area contributed by atoms with Crippen molar-refractivity contribution in [1.29, 1.82) is 0 Å². The van der Waals surface area contributed by atoms with Crippen molar-refractivity contribution in [2.45, 2.75) is 32.1 Å². The lowest BCUT2D eigenvalue weighted by atomic mass is 10.2. The third-order valence-corrected chi connectivity index (χ3v) is 5.25. The average molecular weight is 369 g/mol. The van der Waals surface area contributed by atoms with Crippen LogP contribution in [-0.2, 0) is 10.2 Å². The highest BCUT2D eigenvalue weighted by Gasteiger charge is 2.44. The van der Waals surface area contributed by atoms with Gasteiger partial charge in [0.2, 0.25) is 0 Å². The second kappa shape index (κ2) is 8.65. The van der Waals surface area contributed by atoms with Crippen LogP contribution in [0.5, 0.6) is 0 Å². The molecule has 1 heterocycles. The molecule has 1 aliphatic rings. The van der Waals surface area contributed by atoms with Gasteiger partial charge in [-0.05, 0) is 13.8 Å². The van der Waals surface area contributed by atoms with Crippen molar-refractivity contribution in [2.75, 3.05) is 39.8 Å². The third kappa shape index (κ3) is 6.17. The summed E-state index contributed by atoms with van der Waals surface area (Å²) in [5.74, 6) is 0. The fraction of sp³-hybridized carbons (Fsp3) is 1.00. The Morgan fingerprint density at radius 3 is 2.18 bits per heavy atom. The van der Waals surface area contributed by atoms with Crippen molar-refractivity contribution < 1.29 is 21.6 Å². The van der Waals surface area contributed by atoms with Crippen LogP contribution in [0, 0.1) is 0 Å². The van der Waals surface area contributed by atoms with Crippen LogP contribution >= 0.6 is 12.4 Å². The van der Waals surface area contributed by atoms with Crippen molar-refractivity contribution >= 4 is 22.6 Å². The van der Waals surface area contributed by atoms with E-state index in [-0.39, 0.29) is 31.5 Å². The Morgan fingerprint density at radius 1 is 1.27 bits per heavy atom. The van der Waals surface area contributed by atoms with E-state index in [1.807, 2.05) is 0 Å². The van der Waals surface area contributed by atoms with Gasteiger partial charge in [0.05, 0.1) is 0 Å². The maximum Gasteiger partial charge on any atom is 0.405 e. The van der Waals surface area contributed by atoms with Crippen LogP contribution in [0.1, 0.15) is 13.8 Å². The molecule has 1 saturated heterocycles. The maximum atomic E-state index is 13.1. The molecular weight excluding hydrogens is 345 g/mol. The molecule has 134 valence electrons. The lowest BCUT2D eigenvalue weighted by molar-refractivity contribution is -0.182. The Balaban J connectivity index is 0.00000441. The fourth-order valence-electron chi connectivity index (χ4n) is 2.01. The first kappa shape index (κ1) is 21.9. The van der Waals surface area contributed by atoms with Crippen molar-refractivity contribution in [3.05, 3.63) is 0 Å². The van der Waals surface area contributed by atoms with Crippen molar-refractivity contribution in [3.63, 3.8) is 0 Å². The molecule has 1 atom stereocenters. The molecule has 0 aromatic heterocycles. The van der Waals surface area contributed by atoms with Crippen LogP contribution in [0.4, 0.5) is 13.2 Å². The van der Waals surface area contributed by atoms with Gasteiger partial charge < -0.3 is 5.32 Å². The van der Waals surface area contributed by atoms with Crippen molar-refractivity contribution in [2.24, 2.45) is 0 Å². The second-order valence-electron chi connectivity index (χ2n) is 5.31.